The van der Waals surface area contributed by atoms with E-state index in [0.29, 0.717) is 44.6 Å². The molecule has 0 unspecified atom stereocenters. The molecule has 0 radical (unpaired) electrons. The molecule has 1 aromatic carbocycles. The molecule has 0 aromatic heterocycles. The number of hydrogen-bond acceptors (Lipinski definition) is 8. The first-order valence-electron chi connectivity index (χ1n) is 10.3. The predicted molar refractivity (Wildman–Crippen MR) is 104 cm³/mol. The number of rotatable bonds is 5. The Bertz CT molecular complexity index is 882. The lowest BCUT2D eigenvalue weighted by molar-refractivity contribution is -0.143. The molecule has 1 aliphatic carbocycles. The molecule has 3 fully saturated rings. The molecular formula is C19H24BN2O8-. The number of benzene rings is 1. The SMILES string of the molecule is O=C(O)c1c(OC2CN(C(=O)C[C@@H]3CNCCO3)C2)ccc2c1O[B-](O)(O)[C@H]1C[C@@H]21. The van der Waals surface area contributed by atoms with Crippen LogP contribution in [0, 0.1) is 0 Å². The zero-order valence-corrected chi connectivity index (χ0v) is 16.3. The van der Waals surface area contributed by atoms with Crippen LogP contribution in [0.2, 0.25) is 5.82 Å². The third-order valence-electron chi connectivity index (χ3n) is 6.35. The number of carboxylic acid groups (broad SMARTS) is 1. The van der Waals surface area contributed by atoms with Crippen molar-refractivity contribution in [2.45, 2.75) is 36.8 Å². The lowest BCUT2D eigenvalue weighted by atomic mass is 9.68. The van der Waals surface area contributed by atoms with Gasteiger partial charge in [0.1, 0.15) is 17.4 Å². The predicted octanol–water partition coefficient (Wildman–Crippen LogP) is -0.474. The Kier molecular flexibility index (Phi) is 4.66. The zero-order valence-electron chi connectivity index (χ0n) is 16.3. The lowest BCUT2D eigenvalue weighted by Crippen LogP contribution is -2.57. The maximum atomic E-state index is 12.4. The maximum Gasteiger partial charge on any atom is 0.434 e. The second-order valence-corrected chi connectivity index (χ2v) is 8.49. The van der Waals surface area contributed by atoms with E-state index < -0.39 is 12.7 Å². The van der Waals surface area contributed by atoms with Crippen LogP contribution >= 0.6 is 0 Å². The molecule has 1 aromatic rings. The first-order valence-corrected chi connectivity index (χ1v) is 10.3. The van der Waals surface area contributed by atoms with Gasteiger partial charge in [-0.1, -0.05) is 18.3 Å². The Hall–Kier alpha value is -2.34. The third-order valence-corrected chi connectivity index (χ3v) is 6.35. The number of morpholine rings is 1. The molecule has 4 N–H and O–H groups in total. The first kappa shape index (κ1) is 19.6. The number of nitrogens with zero attached hydrogens (tertiary/aromatic N) is 1. The Morgan fingerprint density at radius 2 is 2.10 bits per heavy atom. The second kappa shape index (κ2) is 7.12. The van der Waals surface area contributed by atoms with Crippen molar-refractivity contribution in [3.05, 3.63) is 23.3 Å². The van der Waals surface area contributed by atoms with Gasteiger partial charge >= 0.3 is 12.7 Å². The van der Waals surface area contributed by atoms with E-state index in [1.807, 2.05) is 0 Å². The van der Waals surface area contributed by atoms with Gasteiger partial charge in [-0.15, -0.1) is 0 Å². The van der Waals surface area contributed by atoms with Gasteiger partial charge in [0.15, 0.2) is 0 Å². The van der Waals surface area contributed by atoms with Crippen LogP contribution in [0.1, 0.15) is 34.7 Å². The van der Waals surface area contributed by atoms with Crippen LogP contribution in [-0.4, -0.2) is 83.7 Å². The lowest BCUT2D eigenvalue weighted by Gasteiger charge is -2.41. The highest BCUT2D eigenvalue weighted by atomic mass is 16.6. The van der Waals surface area contributed by atoms with Gasteiger partial charge in [0.25, 0.3) is 0 Å². The van der Waals surface area contributed by atoms with Crippen molar-refractivity contribution in [1.82, 2.24) is 10.2 Å². The van der Waals surface area contributed by atoms with Gasteiger partial charge in [0.2, 0.25) is 5.91 Å². The summed E-state index contributed by atoms with van der Waals surface area (Å²) in [5.74, 6) is -1.71. The standard InChI is InChI=1S/C19H24BN2O8/c23-16(5-10-7-21-3-4-28-10)22-8-11(9-22)29-15-2-1-12-13-6-14(13)20(26,27)30-18(12)17(15)19(24)25/h1-2,10-11,13-14,21,26-27H,3-9H2,(H,24,25)/q-1/t10-,13+,14+/m1/s1. The number of hydrogen-bond donors (Lipinski definition) is 4. The van der Waals surface area contributed by atoms with E-state index >= 15 is 0 Å². The molecule has 3 aliphatic heterocycles. The number of nitrogens with one attached hydrogen (secondary N) is 1. The molecule has 30 heavy (non-hydrogen) atoms. The number of ether oxygens (including phenoxy) is 2. The molecule has 0 bridgehead atoms. The van der Waals surface area contributed by atoms with E-state index in [0.717, 1.165) is 6.54 Å². The van der Waals surface area contributed by atoms with Crippen LogP contribution in [0.5, 0.6) is 11.5 Å². The summed E-state index contributed by atoms with van der Waals surface area (Å²) < 4.78 is 16.7. The molecule has 3 heterocycles. The molecule has 162 valence electrons. The first-order chi connectivity index (χ1) is 14.3. The summed E-state index contributed by atoms with van der Waals surface area (Å²) in [7, 11) is 0. The van der Waals surface area contributed by atoms with Gasteiger partial charge in [0.05, 0.1) is 38.0 Å². The van der Waals surface area contributed by atoms with Gasteiger partial charge in [-0.3, -0.25) is 4.79 Å². The fraction of sp³-hybridized carbons (Fsp3) is 0.579. The van der Waals surface area contributed by atoms with Crippen LogP contribution < -0.4 is 14.7 Å². The number of carbonyl (C=O) groups excluding carboxylic acids is 1. The van der Waals surface area contributed by atoms with Gasteiger partial charge in [0, 0.05) is 13.1 Å². The molecule has 10 nitrogen and oxygen atoms in total. The summed E-state index contributed by atoms with van der Waals surface area (Å²) in [5, 5.41) is 33.1. The summed E-state index contributed by atoms with van der Waals surface area (Å²) in [4.78, 5) is 25.9. The van der Waals surface area contributed by atoms with Crippen molar-refractivity contribution >= 4 is 18.6 Å². The van der Waals surface area contributed by atoms with E-state index in [-0.39, 0.29) is 46.9 Å². The van der Waals surface area contributed by atoms with Crippen molar-refractivity contribution in [3.63, 3.8) is 0 Å². The van der Waals surface area contributed by atoms with Gasteiger partial charge in [-0.05, 0) is 17.5 Å². The normalized spacial score (nSPS) is 29.1. The van der Waals surface area contributed by atoms with Gasteiger partial charge < -0.3 is 39.5 Å². The summed E-state index contributed by atoms with van der Waals surface area (Å²) in [6, 6.07) is 3.31. The fourth-order valence-electron chi connectivity index (χ4n) is 4.58. The minimum Gasteiger partial charge on any atom is -0.669 e. The molecular weight excluding hydrogens is 395 g/mol. The number of likely N-dealkylation sites (tertiary alicyclic amines) is 1. The quantitative estimate of drug-likeness (QED) is 0.467. The number of aromatic carboxylic acids is 1. The molecule has 1 amide bonds. The minimum atomic E-state index is -3.08. The van der Waals surface area contributed by atoms with E-state index in [9.17, 15) is 24.7 Å². The highest BCUT2D eigenvalue weighted by molar-refractivity contribution is 6.62. The Balaban J connectivity index is 1.25. The van der Waals surface area contributed by atoms with Crippen LogP contribution in [0.4, 0.5) is 0 Å². The van der Waals surface area contributed by atoms with Crippen LogP contribution in [0.25, 0.3) is 0 Å². The van der Waals surface area contributed by atoms with Crippen molar-refractivity contribution in [3.8, 4) is 11.5 Å². The van der Waals surface area contributed by atoms with Crippen LogP contribution in [-0.2, 0) is 9.53 Å². The molecule has 4 aliphatic rings. The molecule has 2 saturated heterocycles. The number of carboxylic acids is 1. The van der Waals surface area contributed by atoms with Gasteiger partial charge in [-0.2, -0.15) is 0 Å². The molecule has 5 rings (SSSR count). The number of carbonyl (C=O) groups is 2. The monoisotopic (exact) mass is 419 g/mol. The summed E-state index contributed by atoms with van der Waals surface area (Å²) in [6.45, 7) is -0.341. The Morgan fingerprint density at radius 3 is 2.80 bits per heavy atom. The fourth-order valence-corrected chi connectivity index (χ4v) is 4.58. The average Bonchev–Trinajstić information content (AvgIpc) is 3.46. The topological polar surface area (TPSA) is 138 Å². The average molecular weight is 419 g/mol. The smallest absolute Gasteiger partial charge is 0.434 e. The van der Waals surface area contributed by atoms with E-state index in [4.69, 9.17) is 14.1 Å². The molecule has 1 saturated carbocycles. The number of amides is 1. The van der Waals surface area contributed by atoms with Gasteiger partial charge in [-0.25, -0.2) is 4.79 Å². The van der Waals surface area contributed by atoms with Crippen molar-refractivity contribution in [1.29, 1.82) is 0 Å². The van der Waals surface area contributed by atoms with Crippen molar-refractivity contribution in [2.75, 3.05) is 32.8 Å². The zero-order chi connectivity index (χ0) is 21.0. The van der Waals surface area contributed by atoms with Crippen LogP contribution in [0.15, 0.2) is 12.1 Å². The molecule has 0 spiro atoms. The van der Waals surface area contributed by atoms with E-state index in [1.54, 1.807) is 17.0 Å². The highest BCUT2D eigenvalue weighted by Crippen LogP contribution is 2.63. The number of fused-ring (bicyclic) bond motifs is 3. The largest absolute Gasteiger partial charge is 0.669 e. The van der Waals surface area contributed by atoms with Crippen molar-refractivity contribution in [2.24, 2.45) is 0 Å². The summed E-state index contributed by atoms with van der Waals surface area (Å²) >= 11 is 0. The Morgan fingerprint density at radius 1 is 1.30 bits per heavy atom. The maximum absolute atomic E-state index is 12.4. The highest BCUT2D eigenvalue weighted by Gasteiger charge is 2.55. The van der Waals surface area contributed by atoms with Crippen molar-refractivity contribution < 1.29 is 38.9 Å². The molecule has 3 atom stereocenters. The minimum absolute atomic E-state index is 0.0244. The summed E-state index contributed by atoms with van der Waals surface area (Å²) in [6.07, 6.45) is 0.380. The Labute approximate surface area is 172 Å². The van der Waals surface area contributed by atoms with E-state index in [2.05, 4.69) is 5.32 Å². The summed E-state index contributed by atoms with van der Waals surface area (Å²) in [5.41, 5.74) is 0.454. The second-order valence-electron chi connectivity index (χ2n) is 8.49. The molecule has 11 heteroatoms. The van der Waals surface area contributed by atoms with E-state index in [1.165, 1.54) is 0 Å². The van der Waals surface area contributed by atoms with Crippen LogP contribution in [0.3, 0.4) is 0 Å². The third kappa shape index (κ3) is 3.41.